The number of fused-ring (bicyclic) bond motifs is 1. The van der Waals surface area contributed by atoms with E-state index in [9.17, 15) is 9.18 Å². The lowest BCUT2D eigenvalue weighted by atomic mass is 9.80. The largest absolute Gasteiger partial charge is 0.457 e. The molecule has 0 aliphatic heterocycles. The summed E-state index contributed by atoms with van der Waals surface area (Å²) in [7, 11) is 0. The molecule has 1 aliphatic rings. The third kappa shape index (κ3) is 5.54. The van der Waals surface area contributed by atoms with E-state index in [2.05, 4.69) is 24.4 Å². The number of hydrogen-bond donors (Lipinski definition) is 1. The molecule has 4 rings (SSSR count). The van der Waals surface area contributed by atoms with Crippen molar-refractivity contribution in [3.05, 3.63) is 83.7 Å². The van der Waals surface area contributed by atoms with Crippen molar-refractivity contribution in [2.75, 3.05) is 0 Å². The Balaban J connectivity index is 1.55. The van der Waals surface area contributed by atoms with E-state index >= 15 is 0 Å². The summed E-state index contributed by atoms with van der Waals surface area (Å²) < 4.78 is 25.1. The number of aryl methyl sites for hydroxylation is 1. The van der Waals surface area contributed by atoms with E-state index in [4.69, 9.17) is 9.47 Å². The summed E-state index contributed by atoms with van der Waals surface area (Å²) in [6, 6.07) is 20.3. The quantitative estimate of drug-likeness (QED) is 0.459. The highest BCUT2D eigenvalue weighted by Gasteiger charge is 2.29. The van der Waals surface area contributed by atoms with E-state index < -0.39 is 5.60 Å². The molecule has 0 aromatic heterocycles. The van der Waals surface area contributed by atoms with Gasteiger partial charge in [0.1, 0.15) is 22.9 Å². The van der Waals surface area contributed by atoms with Crippen molar-refractivity contribution in [2.24, 2.45) is 0 Å². The zero-order chi connectivity index (χ0) is 23.6. The molecule has 1 aliphatic carbocycles. The van der Waals surface area contributed by atoms with Crippen molar-refractivity contribution in [1.82, 2.24) is 5.32 Å². The van der Waals surface area contributed by atoms with Crippen LogP contribution in [0.15, 0.2) is 66.7 Å². The van der Waals surface area contributed by atoms with E-state index in [-0.39, 0.29) is 23.9 Å². The van der Waals surface area contributed by atoms with Crippen LogP contribution in [-0.4, -0.2) is 17.7 Å². The lowest BCUT2D eigenvalue weighted by molar-refractivity contribution is 0.0493. The highest BCUT2D eigenvalue weighted by Crippen LogP contribution is 2.38. The molecule has 0 heterocycles. The van der Waals surface area contributed by atoms with Crippen LogP contribution in [0.3, 0.4) is 0 Å². The maximum atomic E-state index is 13.4. The molecular formula is C28H30FNO3. The fourth-order valence-corrected chi connectivity index (χ4v) is 4.27. The van der Waals surface area contributed by atoms with Gasteiger partial charge in [0.05, 0.1) is 0 Å². The van der Waals surface area contributed by atoms with Gasteiger partial charge in [0, 0.05) is 17.5 Å². The van der Waals surface area contributed by atoms with Gasteiger partial charge < -0.3 is 14.8 Å². The molecule has 2 atom stereocenters. The number of amides is 1. The van der Waals surface area contributed by atoms with E-state index in [0.29, 0.717) is 5.75 Å². The van der Waals surface area contributed by atoms with Crippen LogP contribution in [0.2, 0.25) is 0 Å². The second kappa shape index (κ2) is 9.26. The number of benzene rings is 3. The number of carbonyl (C=O) groups excluding carboxylic acids is 1. The first-order valence-electron chi connectivity index (χ1n) is 11.3. The average Bonchev–Trinajstić information content (AvgIpc) is 2.76. The van der Waals surface area contributed by atoms with Crippen molar-refractivity contribution in [3.63, 3.8) is 0 Å². The van der Waals surface area contributed by atoms with Gasteiger partial charge in [-0.05, 0) is 80.6 Å². The Hall–Kier alpha value is -3.34. The zero-order valence-corrected chi connectivity index (χ0v) is 19.5. The van der Waals surface area contributed by atoms with Crippen molar-refractivity contribution in [3.8, 4) is 22.6 Å². The Morgan fingerprint density at radius 3 is 2.48 bits per heavy atom. The van der Waals surface area contributed by atoms with Gasteiger partial charge in [-0.25, -0.2) is 9.18 Å². The maximum absolute atomic E-state index is 13.4. The molecule has 172 valence electrons. The fourth-order valence-electron chi connectivity index (χ4n) is 4.27. The Labute approximate surface area is 194 Å². The number of hydrogen-bond acceptors (Lipinski definition) is 3. The minimum atomic E-state index is -0.529. The predicted molar refractivity (Wildman–Crippen MR) is 128 cm³/mol. The molecule has 3 aromatic rings. The summed E-state index contributed by atoms with van der Waals surface area (Å²) in [5, 5.41) is 3.04. The third-order valence-electron chi connectivity index (χ3n) is 5.91. The van der Waals surface area contributed by atoms with Crippen LogP contribution in [0.5, 0.6) is 11.5 Å². The first kappa shape index (κ1) is 22.8. The SMILES string of the molecule is CC1c2cc(Oc3ccccc3-c3ccc(F)cc3)ccc2CCC1NC(=O)OC(C)(C)C. The van der Waals surface area contributed by atoms with Crippen LogP contribution in [0, 0.1) is 5.82 Å². The van der Waals surface area contributed by atoms with Crippen LogP contribution in [-0.2, 0) is 11.2 Å². The normalized spacial score (nSPS) is 17.7. The van der Waals surface area contributed by atoms with Crippen molar-refractivity contribution in [2.45, 2.75) is 58.1 Å². The topological polar surface area (TPSA) is 47.6 Å². The number of para-hydroxylation sites is 1. The first-order valence-corrected chi connectivity index (χ1v) is 11.3. The van der Waals surface area contributed by atoms with E-state index in [1.165, 1.54) is 23.3 Å². The summed E-state index contributed by atoms with van der Waals surface area (Å²) in [6.07, 6.45) is 1.36. The summed E-state index contributed by atoms with van der Waals surface area (Å²) in [5.74, 6) is 1.29. The van der Waals surface area contributed by atoms with Crippen LogP contribution in [0.4, 0.5) is 9.18 Å². The Morgan fingerprint density at radius 2 is 1.76 bits per heavy atom. The Morgan fingerprint density at radius 1 is 1.03 bits per heavy atom. The number of rotatable bonds is 4. The molecule has 4 nitrogen and oxygen atoms in total. The molecule has 1 amide bonds. The molecule has 0 spiro atoms. The van der Waals surface area contributed by atoms with Crippen LogP contribution in [0.1, 0.15) is 51.2 Å². The van der Waals surface area contributed by atoms with Gasteiger partial charge in [0.25, 0.3) is 0 Å². The summed E-state index contributed by atoms with van der Waals surface area (Å²) in [6.45, 7) is 7.70. The van der Waals surface area contributed by atoms with Crippen molar-refractivity contribution in [1.29, 1.82) is 0 Å². The van der Waals surface area contributed by atoms with Gasteiger partial charge in [0.2, 0.25) is 0 Å². The molecule has 5 heteroatoms. The fraction of sp³-hybridized carbons (Fsp3) is 0.321. The molecule has 3 aromatic carbocycles. The molecule has 0 bridgehead atoms. The lowest BCUT2D eigenvalue weighted by Gasteiger charge is -2.33. The molecule has 0 saturated heterocycles. The van der Waals surface area contributed by atoms with Gasteiger partial charge in [0.15, 0.2) is 0 Å². The number of carbonyl (C=O) groups is 1. The summed E-state index contributed by atoms with van der Waals surface area (Å²) in [5.41, 5.74) is 3.69. The predicted octanol–water partition coefficient (Wildman–Crippen LogP) is 7.23. The summed E-state index contributed by atoms with van der Waals surface area (Å²) in [4.78, 5) is 12.3. The molecule has 0 saturated carbocycles. The second-order valence-electron chi connectivity index (χ2n) is 9.55. The van der Waals surface area contributed by atoms with Crippen molar-refractivity contribution < 1.29 is 18.7 Å². The first-order chi connectivity index (χ1) is 15.7. The molecule has 1 N–H and O–H groups in total. The molecule has 0 fully saturated rings. The van der Waals surface area contributed by atoms with E-state index in [1.54, 1.807) is 12.1 Å². The van der Waals surface area contributed by atoms with Gasteiger partial charge in [-0.3, -0.25) is 0 Å². The standard InChI is InChI=1S/C28H30FNO3/c1-18-24-17-22(15-11-20(24)12-16-25(18)30-27(31)33-28(2,3)4)32-26-8-6-5-7-23(26)19-9-13-21(29)14-10-19/h5-11,13-15,17-18,25H,12,16H2,1-4H3,(H,30,31). The van der Waals surface area contributed by atoms with Crippen LogP contribution in [0.25, 0.3) is 11.1 Å². The molecular weight excluding hydrogens is 417 g/mol. The monoisotopic (exact) mass is 447 g/mol. The number of alkyl carbamates (subject to hydrolysis) is 1. The number of ether oxygens (including phenoxy) is 2. The van der Waals surface area contributed by atoms with Gasteiger partial charge in [-0.2, -0.15) is 0 Å². The average molecular weight is 448 g/mol. The van der Waals surface area contributed by atoms with Gasteiger partial charge in [-0.1, -0.05) is 43.3 Å². The number of halogens is 1. The minimum absolute atomic E-state index is 0.00546. The Kier molecular flexibility index (Phi) is 6.41. The van der Waals surface area contributed by atoms with E-state index in [0.717, 1.165) is 29.7 Å². The highest BCUT2D eigenvalue weighted by atomic mass is 19.1. The zero-order valence-electron chi connectivity index (χ0n) is 19.5. The molecule has 0 radical (unpaired) electrons. The molecule has 2 unspecified atom stereocenters. The van der Waals surface area contributed by atoms with Gasteiger partial charge in [-0.15, -0.1) is 0 Å². The van der Waals surface area contributed by atoms with E-state index in [1.807, 2.05) is 51.1 Å². The third-order valence-corrected chi connectivity index (χ3v) is 5.91. The highest BCUT2D eigenvalue weighted by molar-refractivity contribution is 5.71. The minimum Gasteiger partial charge on any atom is -0.457 e. The molecule has 33 heavy (non-hydrogen) atoms. The van der Waals surface area contributed by atoms with Gasteiger partial charge >= 0.3 is 6.09 Å². The van der Waals surface area contributed by atoms with Crippen LogP contribution < -0.4 is 10.1 Å². The Bertz CT molecular complexity index is 1130. The number of nitrogens with one attached hydrogen (secondary N) is 1. The summed E-state index contributed by atoms with van der Waals surface area (Å²) >= 11 is 0. The smallest absolute Gasteiger partial charge is 0.407 e. The van der Waals surface area contributed by atoms with Crippen molar-refractivity contribution >= 4 is 6.09 Å². The maximum Gasteiger partial charge on any atom is 0.407 e. The van der Waals surface area contributed by atoms with Crippen LogP contribution >= 0.6 is 0 Å². The lowest BCUT2D eigenvalue weighted by Crippen LogP contribution is -2.43. The second-order valence-corrected chi connectivity index (χ2v) is 9.55.